The summed E-state index contributed by atoms with van der Waals surface area (Å²) in [5, 5.41) is 4.12. The van der Waals surface area contributed by atoms with Crippen LogP contribution in [0.4, 0.5) is 5.69 Å². The highest BCUT2D eigenvalue weighted by molar-refractivity contribution is 7.98. The second-order valence-electron chi connectivity index (χ2n) is 8.30. The number of anilines is 1. The third-order valence-electron chi connectivity index (χ3n) is 6.21. The first-order valence-corrected chi connectivity index (χ1v) is 13.2. The number of hydrogen-bond acceptors (Lipinski definition) is 6. The summed E-state index contributed by atoms with van der Waals surface area (Å²) in [5.41, 5.74) is 3.70. The topological polar surface area (TPSA) is 64.6 Å². The van der Waals surface area contributed by atoms with E-state index in [9.17, 15) is 4.79 Å². The van der Waals surface area contributed by atoms with E-state index in [1.54, 1.807) is 11.8 Å². The summed E-state index contributed by atoms with van der Waals surface area (Å²) in [7, 11) is 0. The highest BCUT2D eigenvalue weighted by atomic mass is 79.9. The molecule has 9 heteroatoms. The Morgan fingerprint density at radius 1 is 1.18 bits per heavy atom. The molecule has 1 saturated heterocycles. The lowest BCUT2D eigenvalue weighted by molar-refractivity contribution is -0.122. The number of piperazine rings is 1. The summed E-state index contributed by atoms with van der Waals surface area (Å²) < 4.78 is 8.65. The number of carbonyl (C=O) groups is 1. The van der Waals surface area contributed by atoms with Crippen LogP contribution in [0.15, 0.2) is 40.8 Å². The number of benzene rings is 2. The number of aromatic nitrogens is 1. The van der Waals surface area contributed by atoms with Gasteiger partial charge < -0.3 is 31.6 Å². The Balaban J connectivity index is 0.00000324. The van der Waals surface area contributed by atoms with Gasteiger partial charge in [0.1, 0.15) is 11.2 Å². The second-order valence-corrected chi connectivity index (χ2v) is 9.28. The maximum atomic E-state index is 12.1. The van der Waals surface area contributed by atoms with Gasteiger partial charge in [-0.1, -0.05) is 0 Å². The van der Waals surface area contributed by atoms with Crippen LogP contribution in [-0.2, 0) is 4.79 Å². The molecule has 2 aliphatic heterocycles. The molecule has 1 fully saturated rings. The molecule has 184 valence electrons. The molecular weight excluding hydrogens is 514 g/mol. The average molecular weight is 549 g/mol. The van der Waals surface area contributed by atoms with Crippen molar-refractivity contribution in [1.29, 1.82) is 0 Å². The van der Waals surface area contributed by atoms with E-state index in [2.05, 4.69) is 57.8 Å². The lowest BCUT2D eigenvalue weighted by Gasteiger charge is -2.24. The van der Waals surface area contributed by atoms with Crippen LogP contribution < -0.4 is 37.1 Å². The zero-order chi connectivity index (χ0) is 23.2. The number of halogens is 1. The molecule has 0 spiro atoms. The highest BCUT2D eigenvalue weighted by Crippen LogP contribution is 2.27. The quantitative estimate of drug-likeness (QED) is 0.230. The van der Waals surface area contributed by atoms with Crippen LogP contribution in [0.25, 0.3) is 22.6 Å². The monoisotopic (exact) mass is 547 g/mol. The smallest absolute Gasteiger partial charge is 0.234 e. The van der Waals surface area contributed by atoms with Gasteiger partial charge in [0.15, 0.2) is 24.4 Å². The first kappa shape index (κ1) is 26.5. The minimum atomic E-state index is 0. The molecule has 0 bridgehead atoms. The molecule has 4 rings (SSSR count). The van der Waals surface area contributed by atoms with Crippen LogP contribution in [0, 0.1) is 0 Å². The van der Waals surface area contributed by atoms with Crippen LogP contribution in [0.3, 0.4) is 0 Å². The van der Waals surface area contributed by atoms with Crippen LogP contribution in [0.2, 0.25) is 0 Å². The van der Waals surface area contributed by atoms with E-state index >= 15 is 0 Å². The van der Waals surface area contributed by atoms with E-state index in [4.69, 9.17) is 9.40 Å². The molecule has 7 nitrogen and oxygen atoms in total. The van der Waals surface area contributed by atoms with Crippen molar-refractivity contribution < 1.29 is 26.2 Å². The summed E-state index contributed by atoms with van der Waals surface area (Å²) in [6.07, 6.45) is 2.05. The normalized spacial score (nSPS) is 14.3. The Hall–Kier alpha value is -2.10. The van der Waals surface area contributed by atoms with E-state index in [0.717, 1.165) is 85.2 Å². The summed E-state index contributed by atoms with van der Waals surface area (Å²) in [5.74, 6) is 1.87. The first-order chi connectivity index (χ1) is 16.1. The number of fused-ring (bicyclic) bond motifs is 2. The molecule has 2 heterocycles. The molecule has 1 aromatic carbocycles. The van der Waals surface area contributed by atoms with Crippen molar-refractivity contribution in [3.05, 3.63) is 41.8 Å². The summed E-state index contributed by atoms with van der Waals surface area (Å²) >= 11 is 1.74. The van der Waals surface area contributed by atoms with E-state index in [1.165, 1.54) is 0 Å². The van der Waals surface area contributed by atoms with Gasteiger partial charge in [-0.3, -0.25) is 9.69 Å². The third-order valence-corrected chi connectivity index (χ3v) is 6.82. The standard InChI is InChI=1S/C25H33N5O2S.BrH/c1-4-29(5-2)19-6-8-21-23(16-19)32-24-17-20(7-9-22(24)27-21)30-13-11-28(12-14-30)18-25(31)26-10-15-33-3;/h6-9,16-17H,4-5,10-15,18H2,1-3H3;1H. The molecule has 0 unspecified atom stereocenters. The van der Waals surface area contributed by atoms with Crippen molar-refractivity contribution in [2.45, 2.75) is 13.8 Å². The van der Waals surface area contributed by atoms with Gasteiger partial charge >= 0.3 is 0 Å². The van der Waals surface area contributed by atoms with E-state index in [-0.39, 0.29) is 22.9 Å². The lowest BCUT2D eigenvalue weighted by Crippen LogP contribution is -3.00. The largest absolute Gasteiger partial charge is 1.00 e. The van der Waals surface area contributed by atoms with Gasteiger partial charge in [-0.25, -0.2) is 9.56 Å². The van der Waals surface area contributed by atoms with E-state index in [1.807, 2.05) is 18.4 Å². The zero-order valence-corrected chi connectivity index (χ0v) is 22.6. The molecule has 0 saturated carbocycles. The molecule has 1 aliphatic carbocycles. The summed E-state index contributed by atoms with van der Waals surface area (Å²) in [6, 6.07) is 12.5. The SMILES string of the molecule is CCN(CC)c1ccc2nc3ccc(=[N+]4CCN(CC(=O)NCCSC)CC4)cc-3oc2c1.[Br-]. The molecule has 0 atom stereocenters. The Labute approximate surface area is 216 Å². The lowest BCUT2D eigenvalue weighted by atomic mass is 10.2. The minimum Gasteiger partial charge on any atom is -1.00 e. The highest BCUT2D eigenvalue weighted by Gasteiger charge is 2.22. The number of rotatable bonds is 8. The van der Waals surface area contributed by atoms with Crippen molar-refractivity contribution >= 4 is 34.5 Å². The number of thioether (sulfide) groups is 1. The predicted molar refractivity (Wildman–Crippen MR) is 137 cm³/mol. The minimum absolute atomic E-state index is 0. The Morgan fingerprint density at radius 2 is 1.94 bits per heavy atom. The van der Waals surface area contributed by atoms with Gasteiger partial charge in [-0.15, -0.1) is 0 Å². The van der Waals surface area contributed by atoms with E-state index in [0.29, 0.717) is 6.54 Å². The fourth-order valence-electron chi connectivity index (χ4n) is 4.30. The molecule has 0 aromatic heterocycles. The van der Waals surface area contributed by atoms with Crippen molar-refractivity contribution in [3.8, 4) is 11.5 Å². The molecule has 34 heavy (non-hydrogen) atoms. The van der Waals surface area contributed by atoms with Crippen LogP contribution in [0.1, 0.15) is 13.8 Å². The maximum absolute atomic E-state index is 12.1. The molecule has 0 radical (unpaired) electrons. The Morgan fingerprint density at radius 3 is 2.65 bits per heavy atom. The van der Waals surface area contributed by atoms with Gasteiger partial charge in [-0.05, 0) is 38.3 Å². The summed E-state index contributed by atoms with van der Waals surface area (Å²) in [6.45, 7) is 11.0. The van der Waals surface area contributed by atoms with Crippen molar-refractivity contribution in [2.75, 3.05) is 69.3 Å². The van der Waals surface area contributed by atoms with Crippen LogP contribution >= 0.6 is 11.8 Å². The number of hydrogen-bond donors (Lipinski definition) is 1. The van der Waals surface area contributed by atoms with Gasteiger partial charge in [0.2, 0.25) is 11.3 Å². The number of amides is 1. The third kappa shape index (κ3) is 6.31. The zero-order valence-electron chi connectivity index (χ0n) is 20.2. The number of nitrogens with zero attached hydrogens (tertiary/aromatic N) is 4. The van der Waals surface area contributed by atoms with E-state index < -0.39 is 0 Å². The van der Waals surface area contributed by atoms with Crippen molar-refractivity contribution in [3.63, 3.8) is 0 Å². The molecular formula is C25H34BrN5O2S. The molecule has 1 aromatic rings. The van der Waals surface area contributed by atoms with Gasteiger partial charge in [0.25, 0.3) is 0 Å². The fraction of sp³-hybridized carbons (Fsp3) is 0.480. The van der Waals surface area contributed by atoms with Gasteiger partial charge in [0.05, 0.1) is 25.7 Å². The molecule has 3 aliphatic rings. The average Bonchev–Trinajstić information content (AvgIpc) is 2.84. The second kappa shape index (κ2) is 12.6. The van der Waals surface area contributed by atoms with Crippen LogP contribution in [-0.4, -0.2) is 80.2 Å². The van der Waals surface area contributed by atoms with Crippen molar-refractivity contribution in [1.82, 2.24) is 19.8 Å². The predicted octanol–water partition coefficient (Wildman–Crippen LogP) is -0.650. The first-order valence-electron chi connectivity index (χ1n) is 11.8. The van der Waals surface area contributed by atoms with Crippen LogP contribution in [0.5, 0.6) is 0 Å². The Bertz CT molecular complexity index is 1140. The summed E-state index contributed by atoms with van der Waals surface area (Å²) in [4.78, 5) is 21.4. The van der Waals surface area contributed by atoms with Gasteiger partial charge in [0, 0.05) is 43.2 Å². The fourth-order valence-corrected chi connectivity index (χ4v) is 4.61. The number of carbonyl (C=O) groups excluding carboxylic acids is 1. The maximum Gasteiger partial charge on any atom is 0.234 e. The molecule has 1 N–H and O–H groups in total. The Kier molecular flexibility index (Phi) is 9.79. The van der Waals surface area contributed by atoms with Crippen molar-refractivity contribution in [2.24, 2.45) is 0 Å². The van der Waals surface area contributed by atoms with Gasteiger partial charge in [-0.2, -0.15) is 11.8 Å². The number of nitrogens with one attached hydrogen (secondary N) is 1. The molecule has 1 amide bonds.